The topological polar surface area (TPSA) is 185 Å². The van der Waals surface area contributed by atoms with Gasteiger partial charge in [0.05, 0.1) is 18.6 Å². The van der Waals surface area contributed by atoms with Crippen LogP contribution in [0.5, 0.6) is 0 Å². The van der Waals surface area contributed by atoms with E-state index >= 15 is 0 Å². The maximum absolute atomic E-state index is 12.6. The molecule has 7 N–H and O–H groups in total. The van der Waals surface area contributed by atoms with Crippen LogP contribution in [-0.4, -0.2) is 66.1 Å². The molecule has 2 saturated heterocycles. The van der Waals surface area contributed by atoms with Crippen LogP contribution in [0.25, 0.3) is 6.08 Å². The maximum Gasteiger partial charge on any atom is 0.306 e. The van der Waals surface area contributed by atoms with Crippen molar-refractivity contribution in [1.29, 1.82) is 0 Å². The van der Waals surface area contributed by atoms with Gasteiger partial charge in [-0.05, 0) is 55.5 Å². The number of H-pyrrole nitrogens is 2. The Kier molecular flexibility index (Phi) is 9.18. The normalized spacial score (nSPS) is 24.2. The first kappa shape index (κ1) is 32.4. The maximum atomic E-state index is 12.6. The Hall–Kier alpha value is -4.03. The molecule has 0 bridgehead atoms. The summed E-state index contributed by atoms with van der Waals surface area (Å²) >= 11 is 1.83. The van der Waals surface area contributed by atoms with Gasteiger partial charge in [0.15, 0.2) is 0 Å². The fraction of sp³-hybridized carbons (Fsp3) is 0.455. The molecule has 5 rings (SSSR count). The second kappa shape index (κ2) is 12.8. The molecule has 0 spiro atoms. The Labute approximate surface area is 265 Å². The summed E-state index contributed by atoms with van der Waals surface area (Å²) in [6, 6.07) is -0.293. The predicted octanol–water partition coefficient (Wildman–Crippen LogP) is 3.46. The highest BCUT2D eigenvalue weighted by Crippen LogP contribution is 2.46. The molecule has 11 nitrogen and oxygen atoms in total. The van der Waals surface area contributed by atoms with Crippen LogP contribution in [0.2, 0.25) is 0 Å². The minimum atomic E-state index is -1.28. The first-order valence-corrected chi connectivity index (χ1v) is 16.2. The van der Waals surface area contributed by atoms with Crippen molar-refractivity contribution in [2.75, 3.05) is 5.75 Å². The standard InChI is InChI=1S/C33H40N4O7S/c1-6-18-14(2)21(36-33(18)44)9-22-16(4)30(26(38)12-29(41)42)24(35-22)11-23-19(7-8-28(39)40)15(3)20(34-23)10-25-31(27-13-45-27)17(5)32(43)37-25/h6,10,17,21,26-27,31,34-35,38H,1,7-9,11-13H2,2-5H3,(H,36,44)(H,37,43)(H,39,40)(H,41,42)/b25-10-/t17-,21-,26+,27-,31-/m1/s1. The van der Waals surface area contributed by atoms with E-state index in [4.69, 9.17) is 0 Å². The second-order valence-electron chi connectivity index (χ2n) is 12.2. The molecular formula is C33H40N4O7S. The number of nitrogens with one attached hydrogen (secondary N) is 4. The quantitative estimate of drug-likeness (QED) is 0.163. The Morgan fingerprint density at radius 1 is 1.07 bits per heavy atom. The van der Waals surface area contributed by atoms with E-state index in [0.29, 0.717) is 34.1 Å². The van der Waals surface area contributed by atoms with Crippen molar-refractivity contribution in [2.45, 2.75) is 77.2 Å². The monoisotopic (exact) mass is 636 g/mol. The van der Waals surface area contributed by atoms with E-state index in [1.807, 2.05) is 45.5 Å². The third kappa shape index (κ3) is 6.53. The number of carbonyl (C=O) groups is 4. The van der Waals surface area contributed by atoms with Crippen LogP contribution in [0, 0.1) is 25.7 Å². The number of allylic oxidation sites excluding steroid dienone is 1. The summed E-state index contributed by atoms with van der Waals surface area (Å²) in [6.07, 6.45) is 2.54. The molecule has 0 aromatic carbocycles. The Morgan fingerprint density at radius 2 is 1.78 bits per heavy atom. The zero-order chi connectivity index (χ0) is 32.7. The van der Waals surface area contributed by atoms with Gasteiger partial charge in [-0.2, -0.15) is 11.8 Å². The lowest BCUT2D eigenvalue weighted by Crippen LogP contribution is -2.30. The number of amides is 2. The van der Waals surface area contributed by atoms with Gasteiger partial charge in [0.25, 0.3) is 5.91 Å². The number of aliphatic hydroxyl groups is 1. The summed E-state index contributed by atoms with van der Waals surface area (Å²) in [5.74, 6) is -1.34. The number of carboxylic acids is 2. The zero-order valence-corrected chi connectivity index (χ0v) is 26.7. The number of hydrogen-bond acceptors (Lipinski definition) is 6. The number of rotatable bonds is 13. The number of aromatic nitrogens is 2. The first-order valence-electron chi connectivity index (χ1n) is 15.1. The second-order valence-corrected chi connectivity index (χ2v) is 13.5. The third-order valence-electron chi connectivity index (χ3n) is 9.38. The van der Waals surface area contributed by atoms with Crippen molar-refractivity contribution in [1.82, 2.24) is 20.6 Å². The Balaban J connectivity index is 1.54. The van der Waals surface area contributed by atoms with E-state index in [0.717, 1.165) is 45.2 Å². The summed E-state index contributed by atoms with van der Waals surface area (Å²) in [5.41, 5.74) is 7.97. The molecule has 2 fully saturated rings. The molecule has 0 saturated carbocycles. The number of aromatic amines is 2. The summed E-state index contributed by atoms with van der Waals surface area (Å²) in [5, 5.41) is 36.4. The van der Waals surface area contributed by atoms with E-state index in [2.05, 4.69) is 27.2 Å². The van der Waals surface area contributed by atoms with Crippen molar-refractivity contribution in [3.63, 3.8) is 0 Å². The molecule has 12 heteroatoms. The van der Waals surface area contributed by atoms with Crippen molar-refractivity contribution in [3.8, 4) is 0 Å². The van der Waals surface area contributed by atoms with Gasteiger partial charge in [-0.15, -0.1) is 0 Å². The molecule has 2 aromatic rings. The predicted molar refractivity (Wildman–Crippen MR) is 171 cm³/mol. The average molecular weight is 637 g/mol. The van der Waals surface area contributed by atoms with Crippen LogP contribution in [0.1, 0.15) is 77.8 Å². The summed E-state index contributed by atoms with van der Waals surface area (Å²) in [7, 11) is 0. The molecule has 5 atom stereocenters. The number of carboxylic acid groups (broad SMARTS) is 2. The van der Waals surface area contributed by atoms with Gasteiger partial charge >= 0.3 is 11.9 Å². The zero-order valence-electron chi connectivity index (χ0n) is 25.9. The van der Waals surface area contributed by atoms with Crippen molar-refractivity contribution >= 4 is 41.6 Å². The van der Waals surface area contributed by atoms with E-state index in [-0.39, 0.29) is 49.0 Å². The molecule has 2 amide bonds. The molecule has 240 valence electrons. The van der Waals surface area contributed by atoms with Crippen LogP contribution in [0.15, 0.2) is 29.5 Å². The SMILES string of the molecule is C=CC1=C(C)[C@@H](Cc2[nH]c(Cc3[nH]c(/C=C4\NC(=O)[C@H](C)[C@H]4[C@H]4CS4)c(C)c3CCC(=O)O)c([C@@H](O)CC(=O)O)c2C)NC1=O. The van der Waals surface area contributed by atoms with Gasteiger partial charge in [0.2, 0.25) is 5.91 Å². The third-order valence-corrected chi connectivity index (χ3v) is 10.4. The summed E-state index contributed by atoms with van der Waals surface area (Å²) in [6.45, 7) is 11.3. The molecule has 0 unspecified atom stereocenters. The minimum Gasteiger partial charge on any atom is -0.481 e. The van der Waals surface area contributed by atoms with Gasteiger partial charge in [0.1, 0.15) is 0 Å². The lowest BCUT2D eigenvalue weighted by molar-refractivity contribution is -0.139. The van der Waals surface area contributed by atoms with E-state index < -0.39 is 24.5 Å². The van der Waals surface area contributed by atoms with Crippen LogP contribution in [-0.2, 0) is 38.4 Å². The molecule has 2 aromatic heterocycles. The summed E-state index contributed by atoms with van der Waals surface area (Å²) in [4.78, 5) is 55.1. The molecule has 5 heterocycles. The molecule has 45 heavy (non-hydrogen) atoms. The van der Waals surface area contributed by atoms with E-state index in [1.54, 1.807) is 0 Å². The van der Waals surface area contributed by atoms with Crippen molar-refractivity contribution in [3.05, 3.63) is 74.5 Å². The molecule has 3 aliphatic rings. The lowest BCUT2D eigenvalue weighted by atomic mass is 9.91. The first-order chi connectivity index (χ1) is 21.3. The molecule has 0 aliphatic carbocycles. The van der Waals surface area contributed by atoms with Gasteiger partial charge in [-0.1, -0.05) is 19.6 Å². The van der Waals surface area contributed by atoms with Gasteiger partial charge in [-0.3, -0.25) is 19.2 Å². The average Bonchev–Trinajstić information content (AvgIpc) is 3.52. The largest absolute Gasteiger partial charge is 0.481 e. The number of thioether (sulfide) groups is 1. The minimum absolute atomic E-state index is 0.00974. The smallest absolute Gasteiger partial charge is 0.306 e. The fourth-order valence-electron chi connectivity index (χ4n) is 6.77. The van der Waals surface area contributed by atoms with E-state index in [9.17, 15) is 34.5 Å². The number of aliphatic hydroxyl groups excluding tert-OH is 1. The lowest BCUT2D eigenvalue weighted by Gasteiger charge is -2.13. The van der Waals surface area contributed by atoms with Crippen LogP contribution < -0.4 is 10.6 Å². The van der Waals surface area contributed by atoms with Gasteiger partial charge in [0, 0.05) is 81.7 Å². The molecule has 0 radical (unpaired) electrons. The van der Waals surface area contributed by atoms with Gasteiger partial charge < -0.3 is 35.9 Å². The number of aliphatic carboxylic acids is 2. The Bertz CT molecular complexity index is 1640. The fourth-order valence-corrected chi connectivity index (χ4v) is 7.68. The summed E-state index contributed by atoms with van der Waals surface area (Å²) < 4.78 is 0. The number of carbonyl (C=O) groups excluding carboxylic acids is 2. The number of hydrogen-bond donors (Lipinski definition) is 7. The highest BCUT2D eigenvalue weighted by atomic mass is 32.2. The molecular weight excluding hydrogens is 596 g/mol. The highest BCUT2D eigenvalue weighted by molar-refractivity contribution is 8.06. The van der Waals surface area contributed by atoms with Crippen molar-refractivity contribution < 1.29 is 34.5 Å². The van der Waals surface area contributed by atoms with Crippen LogP contribution >= 0.6 is 11.8 Å². The van der Waals surface area contributed by atoms with Gasteiger partial charge in [-0.25, -0.2) is 0 Å². The highest BCUT2D eigenvalue weighted by Gasteiger charge is 2.45. The van der Waals surface area contributed by atoms with E-state index in [1.165, 1.54) is 6.08 Å². The Morgan fingerprint density at radius 3 is 2.38 bits per heavy atom. The molecule has 3 aliphatic heterocycles. The van der Waals surface area contributed by atoms with Crippen LogP contribution in [0.4, 0.5) is 0 Å². The van der Waals surface area contributed by atoms with Crippen LogP contribution in [0.3, 0.4) is 0 Å². The van der Waals surface area contributed by atoms with Crippen molar-refractivity contribution in [2.24, 2.45) is 11.8 Å².